The molecule has 0 amide bonds. The van der Waals surface area contributed by atoms with Crippen LogP contribution in [0.3, 0.4) is 0 Å². The normalized spacial score (nSPS) is 12.8. The van der Waals surface area contributed by atoms with Crippen LogP contribution < -0.4 is 4.74 Å². The van der Waals surface area contributed by atoms with E-state index in [1.54, 1.807) is 6.92 Å². The highest BCUT2D eigenvalue weighted by atomic mass is 16.5. The van der Waals surface area contributed by atoms with Crippen molar-refractivity contribution in [3.05, 3.63) is 52.8 Å². The molecule has 0 aliphatic carbocycles. The van der Waals surface area contributed by atoms with Gasteiger partial charge in [-0.3, -0.25) is 0 Å². The summed E-state index contributed by atoms with van der Waals surface area (Å²) in [6.45, 7) is 15.3. The SMILES string of the molecule is C#CC(C)OC(=O)c1ccc(C(CC)(CC)c2ccc(OCCC(O)(CC)CC)c(C)c2)n1CC. The number of esters is 1. The minimum atomic E-state index is -0.671. The lowest BCUT2D eigenvalue weighted by Crippen LogP contribution is -2.30. The number of hydrogen-bond acceptors (Lipinski definition) is 4. The molecule has 1 atom stereocenters. The number of ether oxygens (including phenoxy) is 2. The molecule has 35 heavy (non-hydrogen) atoms. The van der Waals surface area contributed by atoms with E-state index < -0.39 is 17.7 Å². The van der Waals surface area contributed by atoms with Crippen LogP contribution in [0, 0.1) is 19.3 Å². The second-order valence-corrected chi connectivity index (χ2v) is 9.36. The Kier molecular flexibility index (Phi) is 10.0. The molecule has 0 fully saturated rings. The van der Waals surface area contributed by atoms with Gasteiger partial charge >= 0.3 is 5.97 Å². The highest BCUT2D eigenvalue weighted by Gasteiger charge is 2.35. The van der Waals surface area contributed by atoms with Gasteiger partial charge in [0.2, 0.25) is 0 Å². The summed E-state index contributed by atoms with van der Waals surface area (Å²) in [5, 5.41) is 10.5. The molecule has 5 heteroatoms. The van der Waals surface area contributed by atoms with Crippen LogP contribution >= 0.6 is 0 Å². The fourth-order valence-corrected chi connectivity index (χ4v) is 4.89. The lowest BCUT2D eigenvalue weighted by Gasteiger charge is -2.34. The average Bonchev–Trinajstić information content (AvgIpc) is 3.31. The first-order valence-electron chi connectivity index (χ1n) is 13.0. The molecule has 192 valence electrons. The average molecular weight is 482 g/mol. The summed E-state index contributed by atoms with van der Waals surface area (Å²) in [7, 11) is 0. The van der Waals surface area contributed by atoms with Gasteiger partial charge in [0.15, 0.2) is 6.10 Å². The molecular weight excluding hydrogens is 438 g/mol. The largest absolute Gasteiger partial charge is 0.493 e. The van der Waals surface area contributed by atoms with E-state index in [4.69, 9.17) is 15.9 Å². The van der Waals surface area contributed by atoms with Crippen LogP contribution in [0.25, 0.3) is 0 Å². The zero-order valence-electron chi connectivity index (χ0n) is 22.6. The maximum atomic E-state index is 12.8. The smallest absolute Gasteiger partial charge is 0.356 e. The molecule has 1 unspecified atom stereocenters. The van der Waals surface area contributed by atoms with Gasteiger partial charge in [-0.1, -0.05) is 45.7 Å². The van der Waals surface area contributed by atoms with Crippen molar-refractivity contribution < 1.29 is 19.4 Å². The Morgan fingerprint density at radius 1 is 1.09 bits per heavy atom. The van der Waals surface area contributed by atoms with E-state index in [9.17, 15) is 9.90 Å². The van der Waals surface area contributed by atoms with Crippen molar-refractivity contribution in [1.29, 1.82) is 0 Å². The Balaban J connectivity index is 2.39. The first kappa shape index (κ1) is 28.5. The fraction of sp³-hybridized carbons (Fsp3) is 0.567. The third kappa shape index (κ3) is 6.11. The molecule has 2 rings (SSSR count). The zero-order valence-corrected chi connectivity index (χ0v) is 22.6. The van der Waals surface area contributed by atoms with Gasteiger partial charge in [-0.2, -0.15) is 0 Å². The van der Waals surface area contributed by atoms with Gasteiger partial charge in [0.05, 0.1) is 12.2 Å². The first-order chi connectivity index (χ1) is 16.6. The predicted octanol–water partition coefficient (Wildman–Crippen LogP) is 6.42. The maximum absolute atomic E-state index is 12.8. The molecule has 0 bridgehead atoms. The van der Waals surface area contributed by atoms with E-state index in [-0.39, 0.29) is 5.41 Å². The molecule has 0 radical (unpaired) electrons. The summed E-state index contributed by atoms with van der Waals surface area (Å²) >= 11 is 0. The number of nitrogens with zero attached hydrogens (tertiary/aromatic N) is 1. The van der Waals surface area contributed by atoms with Crippen LogP contribution in [-0.4, -0.2) is 34.0 Å². The monoisotopic (exact) mass is 481 g/mol. The summed E-state index contributed by atoms with van der Waals surface area (Å²) in [6, 6.07) is 10.2. The molecule has 5 nitrogen and oxygen atoms in total. The molecule has 0 spiro atoms. The summed E-state index contributed by atoms with van der Waals surface area (Å²) in [4.78, 5) is 12.8. The minimum absolute atomic E-state index is 0.264. The lowest BCUT2D eigenvalue weighted by molar-refractivity contribution is 0.0116. The third-order valence-corrected chi connectivity index (χ3v) is 7.59. The van der Waals surface area contributed by atoms with Crippen LogP contribution in [0.1, 0.15) is 101 Å². The van der Waals surface area contributed by atoms with E-state index in [0.717, 1.165) is 29.8 Å². The highest BCUT2D eigenvalue weighted by Crippen LogP contribution is 2.41. The lowest BCUT2D eigenvalue weighted by atomic mass is 9.72. The molecule has 1 heterocycles. The summed E-state index contributed by atoms with van der Waals surface area (Å²) in [5.41, 5.74) is 2.93. The van der Waals surface area contributed by atoms with Crippen molar-refractivity contribution in [2.75, 3.05) is 6.61 Å². The van der Waals surface area contributed by atoms with Gasteiger partial charge < -0.3 is 19.1 Å². The van der Waals surface area contributed by atoms with Crippen LogP contribution in [0.15, 0.2) is 30.3 Å². The van der Waals surface area contributed by atoms with Gasteiger partial charge in [0.25, 0.3) is 0 Å². The van der Waals surface area contributed by atoms with E-state index in [1.807, 2.05) is 39.0 Å². The number of benzene rings is 1. The second-order valence-electron chi connectivity index (χ2n) is 9.36. The Morgan fingerprint density at radius 3 is 2.26 bits per heavy atom. The van der Waals surface area contributed by atoms with Crippen LogP contribution in [0.2, 0.25) is 0 Å². The first-order valence-corrected chi connectivity index (χ1v) is 13.0. The number of terminal acetylenes is 1. The molecule has 0 saturated heterocycles. The quantitative estimate of drug-likeness (QED) is 0.265. The minimum Gasteiger partial charge on any atom is -0.493 e. The molecule has 0 saturated carbocycles. The van der Waals surface area contributed by atoms with Crippen LogP contribution in [-0.2, 0) is 16.7 Å². The van der Waals surface area contributed by atoms with Crippen LogP contribution in [0.5, 0.6) is 5.75 Å². The topological polar surface area (TPSA) is 60.7 Å². The Morgan fingerprint density at radius 2 is 1.74 bits per heavy atom. The molecule has 1 aromatic carbocycles. The summed E-state index contributed by atoms with van der Waals surface area (Å²) in [5.74, 6) is 2.89. The summed E-state index contributed by atoms with van der Waals surface area (Å²) < 4.78 is 13.5. The highest BCUT2D eigenvalue weighted by molar-refractivity contribution is 5.88. The van der Waals surface area contributed by atoms with Gasteiger partial charge in [-0.15, -0.1) is 6.42 Å². The number of aromatic nitrogens is 1. The molecule has 0 aliphatic heterocycles. The van der Waals surface area contributed by atoms with Gasteiger partial charge in [0.1, 0.15) is 11.4 Å². The van der Waals surface area contributed by atoms with E-state index >= 15 is 0 Å². The van der Waals surface area contributed by atoms with Crippen molar-refractivity contribution in [1.82, 2.24) is 4.57 Å². The van der Waals surface area contributed by atoms with Crippen LogP contribution in [0.4, 0.5) is 0 Å². The number of aliphatic hydroxyl groups is 1. The van der Waals surface area contributed by atoms with Gasteiger partial charge in [0, 0.05) is 24.1 Å². The maximum Gasteiger partial charge on any atom is 0.356 e. The molecule has 2 aromatic rings. The zero-order chi connectivity index (χ0) is 26.2. The summed E-state index contributed by atoms with van der Waals surface area (Å²) in [6.07, 6.45) is 8.62. The molecular formula is C30H43NO4. The number of carbonyl (C=O) groups is 1. The van der Waals surface area contributed by atoms with Crippen molar-refractivity contribution >= 4 is 5.97 Å². The van der Waals surface area contributed by atoms with Gasteiger partial charge in [-0.25, -0.2) is 4.79 Å². The Hall–Kier alpha value is -2.71. The third-order valence-electron chi connectivity index (χ3n) is 7.59. The van der Waals surface area contributed by atoms with Crippen molar-refractivity contribution in [2.24, 2.45) is 0 Å². The molecule has 1 N–H and O–H groups in total. The second kappa shape index (κ2) is 12.3. The van der Waals surface area contributed by atoms with E-state index in [0.29, 0.717) is 38.1 Å². The molecule has 0 aliphatic rings. The van der Waals surface area contributed by atoms with E-state index in [2.05, 4.69) is 43.4 Å². The fourth-order valence-electron chi connectivity index (χ4n) is 4.89. The standard InChI is InChI=1S/C30H43NO4/c1-9-23(8)35-28(32)25-16-18-27(31(25)14-6)30(12-4,13-5)24-15-17-26(22(7)21-24)34-20-19-29(33,10-2)11-3/h1,15-18,21,23,33H,10-14,19-20H2,2-8H3. The van der Waals surface area contributed by atoms with Crippen molar-refractivity contribution in [3.63, 3.8) is 0 Å². The number of aryl methyl sites for hydroxylation is 1. The Bertz CT molecular complexity index is 1020. The van der Waals surface area contributed by atoms with E-state index in [1.165, 1.54) is 5.56 Å². The van der Waals surface area contributed by atoms with Crippen molar-refractivity contribution in [3.8, 4) is 18.1 Å². The number of rotatable bonds is 13. The Labute approximate surface area is 211 Å². The number of hydrogen-bond donors (Lipinski definition) is 1. The predicted molar refractivity (Wildman–Crippen MR) is 142 cm³/mol. The van der Waals surface area contributed by atoms with Crippen molar-refractivity contribution in [2.45, 2.75) is 104 Å². The van der Waals surface area contributed by atoms with Gasteiger partial charge in [-0.05, 0) is 75.8 Å². The molecule has 1 aromatic heterocycles. The number of carbonyl (C=O) groups excluding carboxylic acids is 1.